The van der Waals surface area contributed by atoms with Gasteiger partial charge < -0.3 is 32.8 Å². The molecule has 1 aliphatic rings. The van der Waals surface area contributed by atoms with Gasteiger partial charge in [0.1, 0.15) is 40.2 Å². The van der Waals surface area contributed by atoms with Crippen molar-refractivity contribution in [3.8, 4) is 6.07 Å². The summed E-state index contributed by atoms with van der Waals surface area (Å²) >= 11 is 0. The van der Waals surface area contributed by atoms with Crippen LogP contribution >= 0.6 is 8.53 Å². The fourth-order valence-corrected chi connectivity index (χ4v) is 4.95. The summed E-state index contributed by atoms with van der Waals surface area (Å²) in [5, 5.41) is 8.50. The van der Waals surface area contributed by atoms with Gasteiger partial charge in [-0.05, 0) is 34.1 Å². The zero-order chi connectivity index (χ0) is 23.2. The quantitative estimate of drug-likeness (QED) is 0.115. The topological polar surface area (TPSA) is 86.8 Å². The summed E-state index contributed by atoms with van der Waals surface area (Å²) < 4.78 is 36.8. The van der Waals surface area contributed by atoms with Gasteiger partial charge >= 0.3 is 0 Å². The number of hydrogen-bond donors (Lipinski definition) is 0. The molecule has 174 valence electrons. The standard InChI is InChI=1S/C20H35BN3O6P/c1-7-17-18(19(20(21)29-17)27-14-26-13-25-11-8-9-22)30-31(28-12-10-23-6)24(15(2)3)16(4)5/h15-20H,7-8,10-14H2,1-5H3/t17-,18+,19?,20-,31?/m1/s1. The van der Waals surface area contributed by atoms with Crippen LogP contribution < -0.4 is 0 Å². The monoisotopic (exact) mass is 455 g/mol. The van der Waals surface area contributed by atoms with Gasteiger partial charge in [-0.3, -0.25) is 0 Å². The van der Waals surface area contributed by atoms with Crippen LogP contribution in [-0.2, 0) is 28.0 Å². The van der Waals surface area contributed by atoms with Crippen LogP contribution in [0.5, 0.6) is 0 Å². The molecule has 1 saturated heterocycles. The summed E-state index contributed by atoms with van der Waals surface area (Å²) in [4.78, 5) is 3.37. The van der Waals surface area contributed by atoms with Crippen molar-refractivity contribution in [2.75, 3.05) is 33.3 Å². The lowest BCUT2D eigenvalue weighted by Crippen LogP contribution is -2.41. The molecular formula is C20H35BN3O6P. The molecular weight excluding hydrogens is 420 g/mol. The van der Waals surface area contributed by atoms with Gasteiger partial charge in [-0.25, -0.2) is 11.2 Å². The lowest BCUT2D eigenvalue weighted by molar-refractivity contribution is -0.161. The number of rotatable bonds is 16. The van der Waals surface area contributed by atoms with E-state index in [-0.39, 0.29) is 44.9 Å². The SMILES string of the molecule is [B][C@@H]1O[C@H](CC)[C@H](OP(OCC[N+]#[C-])N(C(C)C)C(C)C)C1OCOCOCCC#N. The van der Waals surface area contributed by atoms with E-state index in [9.17, 15) is 0 Å². The van der Waals surface area contributed by atoms with Gasteiger partial charge in [0, 0.05) is 18.1 Å². The van der Waals surface area contributed by atoms with Crippen LogP contribution in [0.25, 0.3) is 4.85 Å². The molecule has 0 bridgehead atoms. The van der Waals surface area contributed by atoms with Gasteiger partial charge in [-0.2, -0.15) is 5.26 Å². The number of ether oxygens (including phenoxy) is 4. The summed E-state index contributed by atoms with van der Waals surface area (Å²) in [6.45, 7) is 18.2. The fourth-order valence-electron chi connectivity index (χ4n) is 3.19. The molecule has 1 aliphatic heterocycles. The smallest absolute Gasteiger partial charge is 0.259 e. The van der Waals surface area contributed by atoms with Gasteiger partial charge in [0.15, 0.2) is 0 Å². The first-order valence-electron chi connectivity index (χ1n) is 10.6. The van der Waals surface area contributed by atoms with E-state index in [4.69, 9.17) is 47.7 Å². The largest absolute Gasteiger partial charge is 0.379 e. The molecule has 0 spiro atoms. The first-order chi connectivity index (χ1) is 14.9. The Bertz CT molecular complexity index is 566. The molecule has 1 heterocycles. The number of nitriles is 1. The lowest BCUT2D eigenvalue weighted by atomic mass is 9.92. The van der Waals surface area contributed by atoms with Crippen LogP contribution in [0.2, 0.25) is 0 Å². The minimum Gasteiger partial charge on any atom is -0.379 e. The van der Waals surface area contributed by atoms with Gasteiger partial charge in [-0.15, -0.1) is 0 Å². The van der Waals surface area contributed by atoms with E-state index < -0.39 is 26.7 Å². The zero-order valence-electron chi connectivity index (χ0n) is 19.2. The molecule has 0 amide bonds. The molecule has 0 aliphatic carbocycles. The van der Waals surface area contributed by atoms with Crippen LogP contribution in [0, 0.1) is 17.9 Å². The van der Waals surface area contributed by atoms with E-state index in [0.29, 0.717) is 19.4 Å². The van der Waals surface area contributed by atoms with E-state index >= 15 is 0 Å². The first kappa shape index (κ1) is 28.2. The van der Waals surface area contributed by atoms with Crippen molar-refractivity contribution in [2.24, 2.45) is 0 Å². The molecule has 11 heteroatoms. The summed E-state index contributed by atoms with van der Waals surface area (Å²) in [5.74, 6) is 0. The van der Waals surface area contributed by atoms with Gasteiger partial charge in [0.2, 0.25) is 6.54 Å². The second-order valence-electron chi connectivity index (χ2n) is 7.53. The molecule has 2 unspecified atom stereocenters. The van der Waals surface area contributed by atoms with E-state index in [1.54, 1.807) is 0 Å². The molecule has 0 saturated carbocycles. The molecule has 5 atom stereocenters. The highest BCUT2D eigenvalue weighted by Gasteiger charge is 2.46. The second kappa shape index (κ2) is 15.9. The van der Waals surface area contributed by atoms with Crippen LogP contribution in [0.1, 0.15) is 47.5 Å². The van der Waals surface area contributed by atoms with Crippen molar-refractivity contribution >= 4 is 16.4 Å². The van der Waals surface area contributed by atoms with E-state index in [1.807, 2.05) is 13.0 Å². The summed E-state index contributed by atoms with van der Waals surface area (Å²) in [6, 6.07) is 1.70. The normalized spacial score (nSPS) is 24.6. The van der Waals surface area contributed by atoms with Crippen LogP contribution in [0.15, 0.2) is 0 Å². The highest BCUT2D eigenvalue weighted by molar-refractivity contribution is 7.44. The fraction of sp³-hybridized carbons (Fsp3) is 0.900. The number of hydrogen-bond acceptors (Lipinski definition) is 8. The third kappa shape index (κ3) is 9.69. The molecule has 0 aromatic rings. The third-order valence-corrected chi connectivity index (χ3v) is 6.61. The summed E-state index contributed by atoms with van der Waals surface area (Å²) in [6.07, 6.45) is -0.228. The Morgan fingerprint density at radius 3 is 2.45 bits per heavy atom. The lowest BCUT2D eigenvalue weighted by Gasteiger charge is -2.38. The molecule has 1 rings (SSSR count). The van der Waals surface area contributed by atoms with Crippen molar-refractivity contribution in [3.63, 3.8) is 0 Å². The van der Waals surface area contributed by atoms with Gasteiger partial charge in [-0.1, -0.05) is 6.92 Å². The van der Waals surface area contributed by atoms with Crippen molar-refractivity contribution in [1.82, 2.24) is 4.67 Å². The molecule has 0 N–H and O–H groups in total. The molecule has 0 aromatic heterocycles. The predicted molar refractivity (Wildman–Crippen MR) is 118 cm³/mol. The Morgan fingerprint density at radius 1 is 1.16 bits per heavy atom. The third-order valence-electron chi connectivity index (χ3n) is 4.48. The summed E-state index contributed by atoms with van der Waals surface area (Å²) in [7, 11) is 4.72. The van der Waals surface area contributed by atoms with Gasteiger partial charge in [0.05, 0.1) is 25.2 Å². The maximum atomic E-state index is 8.50. The van der Waals surface area contributed by atoms with Crippen LogP contribution in [0.3, 0.4) is 0 Å². The number of nitrogens with zero attached hydrogens (tertiary/aromatic N) is 3. The Kier molecular flexibility index (Phi) is 14.5. The van der Waals surface area contributed by atoms with Crippen molar-refractivity contribution < 1.29 is 28.0 Å². The predicted octanol–water partition coefficient (Wildman–Crippen LogP) is 3.20. The van der Waals surface area contributed by atoms with Crippen LogP contribution in [-0.4, -0.2) is 82.3 Å². The van der Waals surface area contributed by atoms with Crippen molar-refractivity contribution in [2.45, 2.75) is 83.9 Å². The Hall–Kier alpha value is -0.805. The maximum absolute atomic E-state index is 8.50. The maximum Gasteiger partial charge on any atom is 0.259 e. The minimum atomic E-state index is -1.45. The Morgan fingerprint density at radius 2 is 1.87 bits per heavy atom. The summed E-state index contributed by atoms with van der Waals surface area (Å²) in [5.41, 5.74) is 0. The average Bonchev–Trinajstić information content (AvgIpc) is 3.01. The van der Waals surface area contributed by atoms with Crippen molar-refractivity contribution in [3.05, 3.63) is 11.4 Å². The minimum absolute atomic E-state index is 0.0220. The van der Waals surface area contributed by atoms with Crippen molar-refractivity contribution in [1.29, 1.82) is 5.26 Å². The molecule has 1 fully saturated rings. The molecule has 31 heavy (non-hydrogen) atoms. The Balaban J connectivity index is 2.81. The highest BCUT2D eigenvalue weighted by Crippen LogP contribution is 2.49. The van der Waals surface area contributed by atoms with E-state index in [1.165, 1.54) is 0 Å². The highest BCUT2D eigenvalue weighted by atomic mass is 31.2. The van der Waals surface area contributed by atoms with Crippen LogP contribution in [0.4, 0.5) is 0 Å². The Labute approximate surface area is 189 Å². The van der Waals surface area contributed by atoms with E-state index in [2.05, 4.69) is 37.2 Å². The zero-order valence-corrected chi connectivity index (χ0v) is 20.1. The molecule has 0 aromatic carbocycles. The van der Waals surface area contributed by atoms with E-state index in [0.717, 1.165) is 0 Å². The van der Waals surface area contributed by atoms with Gasteiger partial charge in [0.25, 0.3) is 8.53 Å². The average molecular weight is 455 g/mol. The molecule has 9 nitrogen and oxygen atoms in total. The second-order valence-corrected chi connectivity index (χ2v) is 8.93. The first-order valence-corrected chi connectivity index (χ1v) is 11.8. The molecule has 2 radical (unpaired) electrons.